The molecule has 4 heteroatoms. The first-order chi connectivity index (χ1) is 8.22. The van der Waals surface area contributed by atoms with E-state index in [0.717, 1.165) is 24.0 Å². The Balaban J connectivity index is 2.52. The summed E-state index contributed by atoms with van der Waals surface area (Å²) in [5.74, 6) is 0. The average Bonchev–Trinajstić information content (AvgIpc) is 2.35. The molecule has 1 aromatic heterocycles. The SMILES string of the molecule is CCCNc1cc(C(F)F)nc2ccccc12. The number of hydrogen-bond acceptors (Lipinski definition) is 2. The van der Waals surface area contributed by atoms with Crippen molar-refractivity contribution in [2.45, 2.75) is 19.8 Å². The molecule has 0 aliphatic heterocycles. The highest BCUT2D eigenvalue weighted by molar-refractivity contribution is 5.91. The van der Waals surface area contributed by atoms with Gasteiger partial charge in [0.2, 0.25) is 0 Å². The molecule has 17 heavy (non-hydrogen) atoms. The summed E-state index contributed by atoms with van der Waals surface area (Å²) in [6.07, 6.45) is -1.59. The first-order valence-corrected chi connectivity index (χ1v) is 5.64. The number of benzene rings is 1. The van der Waals surface area contributed by atoms with Crippen molar-refractivity contribution in [2.24, 2.45) is 0 Å². The van der Waals surface area contributed by atoms with Gasteiger partial charge in [-0.1, -0.05) is 25.1 Å². The molecule has 90 valence electrons. The van der Waals surface area contributed by atoms with Crippen LogP contribution in [0.2, 0.25) is 0 Å². The summed E-state index contributed by atoms with van der Waals surface area (Å²) in [5.41, 5.74) is 1.15. The molecule has 0 radical (unpaired) electrons. The molecule has 2 aromatic rings. The molecule has 0 saturated carbocycles. The van der Waals surface area contributed by atoms with E-state index in [2.05, 4.69) is 10.3 Å². The molecule has 0 amide bonds. The highest BCUT2D eigenvalue weighted by atomic mass is 19.3. The zero-order chi connectivity index (χ0) is 12.3. The smallest absolute Gasteiger partial charge is 0.280 e. The van der Waals surface area contributed by atoms with E-state index in [1.54, 1.807) is 12.1 Å². The molecule has 1 heterocycles. The maximum absolute atomic E-state index is 12.7. The molecule has 0 fully saturated rings. The zero-order valence-electron chi connectivity index (χ0n) is 9.58. The van der Waals surface area contributed by atoms with Crippen molar-refractivity contribution in [1.29, 1.82) is 0 Å². The Morgan fingerprint density at radius 1 is 1.29 bits per heavy atom. The number of pyridine rings is 1. The van der Waals surface area contributed by atoms with Gasteiger partial charge in [0.1, 0.15) is 5.69 Å². The highest BCUT2D eigenvalue weighted by Crippen LogP contribution is 2.27. The van der Waals surface area contributed by atoms with Crippen LogP contribution < -0.4 is 5.32 Å². The minimum absolute atomic E-state index is 0.178. The van der Waals surface area contributed by atoms with Gasteiger partial charge in [0.05, 0.1) is 5.52 Å². The van der Waals surface area contributed by atoms with Crippen molar-refractivity contribution < 1.29 is 8.78 Å². The third kappa shape index (κ3) is 2.52. The molecule has 1 N–H and O–H groups in total. The van der Waals surface area contributed by atoms with Crippen LogP contribution in [0, 0.1) is 0 Å². The van der Waals surface area contributed by atoms with Gasteiger partial charge in [-0.3, -0.25) is 0 Å². The number of para-hydroxylation sites is 1. The van der Waals surface area contributed by atoms with Crippen LogP contribution in [0.1, 0.15) is 25.5 Å². The molecule has 0 aliphatic carbocycles. The van der Waals surface area contributed by atoms with E-state index < -0.39 is 6.43 Å². The third-order valence-electron chi connectivity index (χ3n) is 2.53. The number of fused-ring (bicyclic) bond motifs is 1. The molecule has 0 aliphatic rings. The van der Waals surface area contributed by atoms with E-state index in [4.69, 9.17) is 0 Å². The van der Waals surface area contributed by atoms with E-state index in [1.165, 1.54) is 6.07 Å². The summed E-state index contributed by atoms with van der Waals surface area (Å²) in [6.45, 7) is 2.79. The lowest BCUT2D eigenvalue weighted by atomic mass is 10.1. The summed E-state index contributed by atoms with van der Waals surface area (Å²) in [5, 5.41) is 4.04. The lowest BCUT2D eigenvalue weighted by molar-refractivity contribution is 0.146. The van der Waals surface area contributed by atoms with Crippen molar-refractivity contribution in [3.05, 3.63) is 36.0 Å². The van der Waals surface area contributed by atoms with Crippen LogP contribution >= 0.6 is 0 Å². The lowest BCUT2D eigenvalue weighted by Crippen LogP contribution is -2.02. The predicted molar refractivity (Wildman–Crippen MR) is 65.5 cm³/mol. The fraction of sp³-hybridized carbons (Fsp3) is 0.308. The van der Waals surface area contributed by atoms with Crippen molar-refractivity contribution in [3.63, 3.8) is 0 Å². The third-order valence-corrected chi connectivity index (χ3v) is 2.53. The van der Waals surface area contributed by atoms with Crippen molar-refractivity contribution in [1.82, 2.24) is 4.98 Å². The van der Waals surface area contributed by atoms with Crippen LogP contribution in [-0.4, -0.2) is 11.5 Å². The second-order valence-electron chi connectivity index (χ2n) is 3.84. The first kappa shape index (κ1) is 11.8. The fourth-order valence-corrected chi connectivity index (χ4v) is 1.71. The minimum atomic E-state index is -2.54. The lowest BCUT2D eigenvalue weighted by Gasteiger charge is -2.10. The Kier molecular flexibility index (Phi) is 3.52. The first-order valence-electron chi connectivity index (χ1n) is 5.64. The van der Waals surface area contributed by atoms with Gasteiger partial charge >= 0.3 is 0 Å². The number of nitrogens with zero attached hydrogens (tertiary/aromatic N) is 1. The van der Waals surface area contributed by atoms with Crippen LogP contribution in [0.15, 0.2) is 30.3 Å². The van der Waals surface area contributed by atoms with Gasteiger partial charge in [0, 0.05) is 17.6 Å². The molecule has 0 spiro atoms. The van der Waals surface area contributed by atoms with Gasteiger partial charge < -0.3 is 5.32 Å². The second kappa shape index (κ2) is 5.08. The number of aromatic nitrogens is 1. The van der Waals surface area contributed by atoms with Crippen LogP contribution in [0.5, 0.6) is 0 Å². The Morgan fingerprint density at radius 2 is 2.06 bits per heavy atom. The summed E-state index contributed by atoms with van der Waals surface area (Å²) in [6, 6.07) is 8.74. The summed E-state index contributed by atoms with van der Waals surface area (Å²) in [7, 11) is 0. The summed E-state index contributed by atoms with van der Waals surface area (Å²) >= 11 is 0. The molecule has 0 bridgehead atoms. The van der Waals surface area contributed by atoms with E-state index >= 15 is 0 Å². The van der Waals surface area contributed by atoms with Crippen LogP contribution in [0.3, 0.4) is 0 Å². The fourth-order valence-electron chi connectivity index (χ4n) is 1.71. The molecule has 0 atom stereocenters. The maximum Gasteiger partial charge on any atom is 0.280 e. The second-order valence-corrected chi connectivity index (χ2v) is 3.84. The van der Waals surface area contributed by atoms with Crippen molar-refractivity contribution in [2.75, 3.05) is 11.9 Å². The Hall–Kier alpha value is -1.71. The molecule has 2 nitrogen and oxygen atoms in total. The summed E-state index contributed by atoms with van der Waals surface area (Å²) in [4.78, 5) is 3.95. The van der Waals surface area contributed by atoms with Gasteiger partial charge in [-0.15, -0.1) is 0 Å². The predicted octanol–water partition coefficient (Wildman–Crippen LogP) is 3.99. The van der Waals surface area contributed by atoms with E-state index in [9.17, 15) is 8.78 Å². The van der Waals surface area contributed by atoms with Gasteiger partial charge in [-0.25, -0.2) is 13.8 Å². The van der Waals surface area contributed by atoms with Crippen LogP contribution in [0.25, 0.3) is 10.9 Å². The van der Waals surface area contributed by atoms with Gasteiger partial charge in [-0.05, 0) is 18.6 Å². The van der Waals surface area contributed by atoms with Gasteiger partial charge in [0.25, 0.3) is 6.43 Å². The Morgan fingerprint density at radius 3 is 2.76 bits per heavy atom. The summed E-state index contributed by atoms with van der Waals surface area (Å²) < 4.78 is 25.4. The van der Waals surface area contributed by atoms with Crippen molar-refractivity contribution >= 4 is 16.6 Å². The maximum atomic E-state index is 12.7. The Bertz CT molecular complexity index is 512. The van der Waals surface area contributed by atoms with Crippen LogP contribution in [0.4, 0.5) is 14.5 Å². The molecule has 0 saturated heterocycles. The van der Waals surface area contributed by atoms with Gasteiger partial charge in [-0.2, -0.15) is 0 Å². The molecular weight excluding hydrogens is 222 g/mol. The standard InChI is InChI=1S/C13H14F2N2/c1-2-7-16-11-8-12(13(14)15)17-10-6-4-3-5-9(10)11/h3-6,8,13H,2,7H2,1H3,(H,16,17). The number of alkyl halides is 2. The minimum Gasteiger partial charge on any atom is -0.384 e. The molecule has 0 unspecified atom stereocenters. The number of hydrogen-bond donors (Lipinski definition) is 1. The number of nitrogens with one attached hydrogen (secondary N) is 1. The number of anilines is 1. The van der Waals surface area contributed by atoms with Gasteiger partial charge in [0.15, 0.2) is 0 Å². The average molecular weight is 236 g/mol. The topological polar surface area (TPSA) is 24.9 Å². The normalized spacial score (nSPS) is 11.1. The van der Waals surface area contributed by atoms with E-state index in [1.807, 2.05) is 19.1 Å². The molecule has 2 rings (SSSR count). The van der Waals surface area contributed by atoms with Crippen LogP contribution in [-0.2, 0) is 0 Å². The monoisotopic (exact) mass is 236 g/mol. The highest BCUT2D eigenvalue weighted by Gasteiger charge is 2.12. The number of rotatable bonds is 4. The largest absolute Gasteiger partial charge is 0.384 e. The number of halogens is 2. The quantitative estimate of drug-likeness (QED) is 0.868. The van der Waals surface area contributed by atoms with Crippen molar-refractivity contribution in [3.8, 4) is 0 Å². The molecule has 1 aromatic carbocycles. The Labute approximate surface area is 98.7 Å². The zero-order valence-corrected chi connectivity index (χ0v) is 9.58. The van der Waals surface area contributed by atoms with E-state index in [-0.39, 0.29) is 5.69 Å². The van der Waals surface area contributed by atoms with E-state index in [0.29, 0.717) is 5.52 Å². The molecular formula is C13H14F2N2.